The maximum absolute atomic E-state index is 12.3. The molecule has 0 saturated heterocycles. The van der Waals surface area contributed by atoms with Crippen LogP contribution in [-0.4, -0.2) is 6.18 Å². The van der Waals surface area contributed by atoms with Crippen LogP contribution in [0.5, 0.6) is 0 Å². The smallest absolute Gasteiger partial charge is 0.271 e. The number of alkyl halides is 3. The zero-order valence-corrected chi connectivity index (χ0v) is 7.67. The van der Waals surface area contributed by atoms with E-state index >= 15 is 0 Å². The molecule has 3 N–H and O–H groups in total. The summed E-state index contributed by atoms with van der Waals surface area (Å²) in [6.07, 6.45) is -4.34. The minimum atomic E-state index is -4.34. The lowest BCUT2D eigenvalue weighted by Crippen LogP contribution is -2.38. The van der Waals surface area contributed by atoms with E-state index in [9.17, 15) is 13.2 Å². The number of halogens is 3. The molecule has 0 amide bonds. The molecule has 1 aromatic rings. The molecule has 1 rings (SSSR count). The van der Waals surface area contributed by atoms with E-state index in [1.165, 1.54) is 22.8 Å². The van der Waals surface area contributed by atoms with Gasteiger partial charge in [-0.1, -0.05) is 0 Å². The number of hydrogen-bond acceptors (Lipinski definition) is 3. The Balaban J connectivity index is 2.91. The fourth-order valence-corrected chi connectivity index (χ4v) is 1.73. The Morgan fingerprint density at radius 1 is 1.54 bits per heavy atom. The lowest BCUT2D eigenvalue weighted by Gasteiger charge is -2.17. The van der Waals surface area contributed by atoms with Crippen LogP contribution in [-0.2, 0) is 0 Å². The maximum atomic E-state index is 12.3. The van der Waals surface area contributed by atoms with Gasteiger partial charge in [-0.2, -0.15) is 13.2 Å². The van der Waals surface area contributed by atoms with Crippen LogP contribution < -0.4 is 11.3 Å². The summed E-state index contributed by atoms with van der Waals surface area (Å²) < 4.78 is 36.8. The largest absolute Gasteiger partial charge is 0.409 e. The highest BCUT2D eigenvalue weighted by Gasteiger charge is 2.40. The highest BCUT2D eigenvalue weighted by Crippen LogP contribution is 2.33. The number of nitrogens with two attached hydrogens (primary N) is 1. The third-order valence-electron chi connectivity index (χ3n) is 1.58. The van der Waals surface area contributed by atoms with Crippen molar-refractivity contribution in [3.05, 3.63) is 21.9 Å². The highest BCUT2D eigenvalue weighted by molar-refractivity contribution is 7.10. The summed E-state index contributed by atoms with van der Waals surface area (Å²) in [5, 5.41) is 1.45. The molecular weight excluding hydrogens is 201 g/mol. The van der Waals surface area contributed by atoms with Crippen molar-refractivity contribution in [2.45, 2.75) is 19.1 Å². The molecular formula is C7H9F3N2S. The Labute approximate surface area is 77.5 Å². The molecule has 0 aliphatic carbocycles. The first-order valence-electron chi connectivity index (χ1n) is 3.53. The van der Waals surface area contributed by atoms with Crippen molar-refractivity contribution >= 4 is 11.3 Å². The van der Waals surface area contributed by atoms with E-state index in [2.05, 4.69) is 0 Å². The quantitative estimate of drug-likeness (QED) is 0.579. The standard InChI is InChI=1S/C7H9F3N2S/c1-4-2-5(3-13-4)6(12-11)7(8,9)10/h2-3,6,12H,11H2,1H3. The van der Waals surface area contributed by atoms with Gasteiger partial charge in [-0.05, 0) is 23.9 Å². The predicted molar refractivity (Wildman–Crippen MR) is 45.2 cm³/mol. The number of aryl methyl sites for hydroxylation is 1. The summed E-state index contributed by atoms with van der Waals surface area (Å²) in [7, 11) is 0. The SMILES string of the molecule is Cc1cc(C(NN)C(F)(F)F)cs1. The van der Waals surface area contributed by atoms with E-state index in [4.69, 9.17) is 5.84 Å². The Kier molecular flexibility index (Phi) is 2.94. The molecule has 1 heterocycles. The van der Waals surface area contributed by atoms with E-state index in [1.54, 1.807) is 12.3 Å². The molecule has 74 valence electrons. The lowest BCUT2D eigenvalue weighted by molar-refractivity contribution is -0.157. The van der Waals surface area contributed by atoms with Crippen LogP contribution in [0.1, 0.15) is 16.5 Å². The molecule has 1 unspecified atom stereocenters. The molecule has 0 fully saturated rings. The average molecular weight is 210 g/mol. The first-order valence-corrected chi connectivity index (χ1v) is 4.41. The zero-order chi connectivity index (χ0) is 10.1. The number of hydrogen-bond donors (Lipinski definition) is 2. The molecule has 6 heteroatoms. The second kappa shape index (κ2) is 3.65. The summed E-state index contributed by atoms with van der Waals surface area (Å²) in [5.41, 5.74) is 1.92. The minimum absolute atomic E-state index is 0.164. The van der Waals surface area contributed by atoms with Crippen molar-refractivity contribution in [3.8, 4) is 0 Å². The van der Waals surface area contributed by atoms with Crippen LogP contribution in [0.4, 0.5) is 13.2 Å². The van der Waals surface area contributed by atoms with Crippen molar-refractivity contribution < 1.29 is 13.2 Å². The fourth-order valence-electron chi connectivity index (χ4n) is 0.995. The molecule has 0 aromatic carbocycles. The number of hydrazine groups is 1. The molecule has 1 atom stereocenters. The monoisotopic (exact) mass is 210 g/mol. The molecule has 0 radical (unpaired) electrons. The topological polar surface area (TPSA) is 38.0 Å². The molecule has 1 aromatic heterocycles. The maximum Gasteiger partial charge on any atom is 0.409 e. The first kappa shape index (κ1) is 10.5. The van der Waals surface area contributed by atoms with Crippen LogP contribution in [0.3, 0.4) is 0 Å². The van der Waals surface area contributed by atoms with E-state index in [1.807, 2.05) is 0 Å². The molecule has 13 heavy (non-hydrogen) atoms. The van der Waals surface area contributed by atoms with Crippen molar-refractivity contribution in [2.75, 3.05) is 0 Å². The van der Waals surface area contributed by atoms with Gasteiger partial charge in [0, 0.05) is 4.88 Å². The second-order valence-corrected chi connectivity index (χ2v) is 3.75. The van der Waals surface area contributed by atoms with Crippen LogP contribution >= 0.6 is 11.3 Å². The number of nitrogens with one attached hydrogen (secondary N) is 1. The van der Waals surface area contributed by atoms with Gasteiger partial charge in [0.2, 0.25) is 0 Å². The van der Waals surface area contributed by atoms with E-state index in [0.717, 1.165) is 4.88 Å². The Hall–Kier alpha value is -0.590. The van der Waals surface area contributed by atoms with Gasteiger partial charge >= 0.3 is 6.18 Å². The summed E-state index contributed by atoms with van der Waals surface area (Å²) in [6.45, 7) is 1.75. The predicted octanol–water partition coefficient (Wildman–Crippen LogP) is 2.12. The number of rotatable bonds is 2. The number of thiophene rings is 1. The zero-order valence-electron chi connectivity index (χ0n) is 6.85. The van der Waals surface area contributed by atoms with Gasteiger partial charge in [0.05, 0.1) is 0 Å². The summed E-state index contributed by atoms with van der Waals surface area (Å²) in [5.74, 6) is 4.83. The van der Waals surface area contributed by atoms with Crippen LogP contribution in [0.2, 0.25) is 0 Å². The molecule has 0 aliphatic heterocycles. The van der Waals surface area contributed by atoms with E-state index < -0.39 is 12.2 Å². The molecule has 2 nitrogen and oxygen atoms in total. The van der Waals surface area contributed by atoms with Crippen LogP contribution in [0.25, 0.3) is 0 Å². The molecule has 0 saturated carbocycles. The second-order valence-electron chi connectivity index (χ2n) is 2.63. The van der Waals surface area contributed by atoms with Crippen LogP contribution in [0.15, 0.2) is 11.4 Å². The van der Waals surface area contributed by atoms with Gasteiger partial charge in [-0.25, -0.2) is 5.43 Å². The van der Waals surface area contributed by atoms with Crippen LogP contribution in [0, 0.1) is 6.92 Å². The Morgan fingerprint density at radius 2 is 2.15 bits per heavy atom. The van der Waals surface area contributed by atoms with E-state index in [0.29, 0.717) is 0 Å². The van der Waals surface area contributed by atoms with Crippen molar-refractivity contribution in [3.63, 3.8) is 0 Å². The Morgan fingerprint density at radius 3 is 2.46 bits per heavy atom. The third-order valence-corrected chi connectivity index (χ3v) is 2.46. The normalized spacial score (nSPS) is 14.5. The van der Waals surface area contributed by atoms with Gasteiger partial charge in [-0.15, -0.1) is 11.3 Å². The van der Waals surface area contributed by atoms with Gasteiger partial charge in [0.15, 0.2) is 0 Å². The van der Waals surface area contributed by atoms with Gasteiger partial charge < -0.3 is 0 Å². The fraction of sp³-hybridized carbons (Fsp3) is 0.429. The summed E-state index contributed by atoms with van der Waals surface area (Å²) in [4.78, 5) is 0.833. The first-order chi connectivity index (χ1) is 5.95. The summed E-state index contributed by atoms with van der Waals surface area (Å²) >= 11 is 1.27. The third kappa shape index (κ3) is 2.43. The van der Waals surface area contributed by atoms with Crippen molar-refractivity contribution in [1.29, 1.82) is 0 Å². The van der Waals surface area contributed by atoms with Crippen molar-refractivity contribution in [1.82, 2.24) is 5.43 Å². The molecule has 0 spiro atoms. The Bertz CT molecular complexity index is 282. The molecule has 0 aliphatic rings. The molecule has 0 bridgehead atoms. The highest BCUT2D eigenvalue weighted by atomic mass is 32.1. The lowest BCUT2D eigenvalue weighted by atomic mass is 10.1. The summed E-state index contributed by atoms with van der Waals surface area (Å²) in [6, 6.07) is -0.291. The van der Waals surface area contributed by atoms with Gasteiger partial charge in [0.1, 0.15) is 6.04 Å². The van der Waals surface area contributed by atoms with Gasteiger partial charge in [-0.3, -0.25) is 5.84 Å². The van der Waals surface area contributed by atoms with Crippen molar-refractivity contribution in [2.24, 2.45) is 5.84 Å². The minimum Gasteiger partial charge on any atom is -0.271 e. The van der Waals surface area contributed by atoms with Gasteiger partial charge in [0.25, 0.3) is 0 Å². The van der Waals surface area contributed by atoms with E-state index in [-0.39, 0.29) is 5.56 Å². The average Bonchev–Trinajstić information content (AvgIpc) is 2.34.